The van der Waals surface area contributed by atoms with Crippen LogP contribution in [0.15, 0.2) is 54.6 Å². The zero-order valence-corrected chi connectivity index (χ0v) is 15.4. The molecular weight excluding hydrogens is 364 g/mol. The summed E-state index contributed by atoms with van der Waals surface area (Å²) in [6.07, 6.45) is -0.662. The molecule has 2 aromatic rings. The van der Waals surface area contributed by atoms with Crippen molar-refractivity contribution in [2.75, 3.05) is 13.7 Å². The molecule has 2 amide bonds. The molecule has 28 heavy (non-hydrogen) atoms. The van der Waals surface area contributed by atoms with Gasteiger partial charge >= 0.3 is 12.1 Å². The van der Waals surface area contributed by atoms with E-state index in [4.69, 9.17) is 9.47 Å². The molecule has 2 rings (SSSR count). The van der Waals surface area contributed by atoms with E-state index in [1.54, 1.807) is 36.4 Å². The Kier molecular flexibility index (Phi) is 7.83. The van der Waals surface area contributed by atoms with Crippen molar-refractivity contribution in [2.45, 2.75) is 19.1 Å². The fraction of sp³-hybridized carbons (Fsp3) is 0.250. The smallest absolute Gasteiger partial charge is 0.407 e. The molecule has 0 radical (unpaired) electrons. The van der Waals surface area contributed by atoms with Crippen LogP contribution in [0.4, 0.5) is 4.79 Å². The number of benzene rings is 2. The van der Waals surface area contributed by atoms with E-state index in [1.165, 1.54) is 7.11 Å². The van der Waals surface area contributed by atoms with E-state index in [9.17, 15) is 19.5 Å². The normalized spacial score (nSPS) is 11.2. The second-order valence-corrected chi connectivity index (χ2v) is 5.93. The van der Waals surface area contributed by atoms with Crippen LogP contribution in [0.2, 0.25) is 0 Å². The molecule has 0 saturated heterocycles. The highest BCUT2D eigenvalue weighted by atomic mass is 16.5. The first-order valence-corrected chi connectivity index (χ1v) is 8.57. The topological polar surface area (TPSA) is 114 Å². The Morgan fingerprint density at radius 3 is 2.29 bits per heavy atom. The van der Waals surface area contributed by atoms with Crippen LogP contribution in [0, 0.1) is 0 Å². The summed E-state index contributed by atoms with van der Waals surface area (Å²) in [5.74, 6) is -1.15. The lowest BCUT2D eigenvalue weighted by atomic mass is 10.1. The van der Waals surface area contributed by atoms with E-state index in [-0.39, 0.29) is 19.6 Å². The minimum Gasteiger partial charge on any atom is -0.497 e. The molecule has 0 aromatic heterocycles. The summed E-state index contributed by atoms with van der Waals surface area (Å²) in [6, 6.07) is 14.8. The first-order chi connectivity index (χ1) is 13.5. The van der Waals surface area contributed by atoms with Crippen molar-refractivity contribution < 1.29 is 29.0 Å². The van der Waals surface area contributed by atoms with Crippen LogP contribution in [-0.4, -0.2) is 42.8 Å². The number of aliphatic carboxylic acids is 1. The maximum atomic E-state index is 12.0. The highest BCUT2D eigenvalue weighted by Crippen LogP contribution is 2.12. The first kappa shape index (κ1) is 20.8. The number of alkyl carbamates (subject to hydrolysis) is 1. The van der Waals surface area contributed by atoms with Crippen molar-refractivity contribution in [1.82, 2.24) is 10.6 Å². The Bertz CT molecular complexity index is 792. The highest BCUT2D eigenvalue weighted by molar-refractivity contribution is 5.86. The molecule has 0 aliphatic carbocycles. The molecule has 8 heteroatoms. The fourth-order valence-corrected chi connectivity index (χ4v) is 2.37. The van der Waals surface area contributed by atoms with Crippen LogP contribution < -0.4 is 15.4 Å². The van der Waals surface area contributed by atoms with Crippen LogP contribution in [-0.2, 0) is 27.4 Å². The van der Waals surface area contributed by atoms with Gasteiger partial charge in [-0.2, -0.15) is 0 Å². The van der Waals surface area contributed by atoms with Crippen molar-refractivity contribution in [3.05, 3.63) is 65.7 Å². The maximum absolute atomic E-state index is 12.0. The number of carboxylic acid groups (broad SMARTS) is 1. The number of ether oxygens (including phenoxy) is 2. The van der Waals surface area contributed by atoms with Crippen molar-refractivity contribution >= 4 is 18.0 Å². The number of carbonyl (C=O) groups excluding carboxylic acids is 2. The molecule has 1 atom stereocenters. The van der Waals surface area contributed by atoms with E-state index in [0.717, 1.165) is 11.1 Å². The van der Waals surface area contributed by atoms with Crippen LogP contribution in [0.3, 0.4) is 0 Å². The summed E-state index contributed by atoms with van der Waals surface area (Å²) in [4.78, 5) is 35.0. The van der Waals surface area contributed by atoms with Crippen LogP contribution in [0.25, 0.3) is 0 Å². The summed E-state index contributed by atoms with van der Waals surface area (Å²) in [6.45, 7) is -0.316. The number of methoxy groups -OCH3 is 1. The van der Waals surface area contributed by atoms with Gasteiger partial charge in [-0.25, -0.2) is 9.59 Å². The molecule has 0 bridgehead atoms. The molecule has 0 saturated carbocycles. The van der Waals surface area contributed by atoms with Gasteiger partial charge in [0.15, 0.2) is 0 Å². The van der Waals surface area contributed by atoms with Crippen LogP contribution in [0.1, 0.15) is 11.1 Å². The predicted molar refractivity (Wildman–Crippen MR) is 101 cm³/mol. The SMILES string of the molecule is COc1ccc(C[C@@H](NC(=O)CNC(=O)OCc2ccccc2)C(=O)O)cc1. The Morgan fingerprint density at radius 2 is 1.68 bits per heavy atom. The Morgan fingerprint density at radius 1 is 1.00 bits per heavy atom. The zero-order valence-electron chi connectivity index (χ0n) is 15.4. The lowest BCUT2D eigenvalue weighted by Crippen LogP contribution is -2.46. The second kappa shape index (κ2) is 10.6. The van der Waals surface area contributed by atoms with Crippen LogP contribution in [0.5, 0.6) is 5.75 Å². The van der Waals surface area contributed by atoms with E-state index in [2.05, 4.69) is 10.6 Å². The predicted octanol–water partition coefficient (Wildman–Crippen LogP) is 1.73. The highest BCUT2D eigenvalue weighted by Gasteiger charge is 2.20. The lowest BCUT2D eigenvalue weighted by molar-refractivity contribution is -0.141. The third kappa shape index (κ3) is 6.99. The second-order valence-electron chi connectivity index (χ2n) is 5.93. The average Bonchev–Trinajstić information content (AvgIpc) is 2.71. The van der Waals surface area contributed by atoms with Gasteiger partial charge in [-0.15, -0.1) is 0 Å². The minimum absolute atomic E-state index is 0.0729. The molecule has 0 fully saturated rings. The summed E-state index contributed by atoms with van der Waals surface area (Å²) < 4.78 is 10.0. The molecule has 0 unspecified atom stereocenters. The third-order valence-corrected chi connectivity index (χ3v) is 3.84. The molecule has 3 N–H and O–H groups in total. The minimum atomic E-state index is -1.17. The largest absolute Gasteiger partial charge is 0.497 e. The monoisotopic (exact) mass is 386 g/mol. The molecule has 0 aliphatic heterocycles. The molecule has 8 nitrogen and oxygen atoms in total. The molecule has 0 aliphatic rings. The quantitative estimate of drug-likeness (QED) is 0.605. The van der Waals surface area contributed by atoms with Gasteiger partial charge in [0, 0.05) is 6.42 Å². The summed E-state index contributed by atoms with van der Waals surface area (Å²) in [7, 11) is 1.53. The summed E-state index contributed by atoms with van der Waals surface area (Å²) >= 11 is 0. The first-order valence-electron chi connectivity index (χ1n) is 8.57. The number of nitrogens with one attached hydrogen (secondary N) is 2. The summed E-state index contributed by atoms with van der Waals surface area (Å²) in [5.41, 5.74) is 1.54. The molecule has 0 spiro atoms. The number of rotatable bonds is 9. The van der Waals surface area contributed by atoms with Crippen LogP contribution >= 0.6 is 0 Å². The number of hydrogen-bond donors (Lipinski definition) is 3. The van der Waals surface area contributed by atoms with Crippen molar-refractivity contribution in [3.63, 3.8) is 0 Å². The molecular formula is C20H22N2O6. The Balaban J connectivity index is 1.78. The van der Waals surface area contributed by atoms with E-state index >= 15 is 0 Å². The van der Waals surface area contributed by atoms with Gasteiger partial charge in [0.25, 0.3) is 0 Å². The van der Waals surface area contributed by atoms with Gasteiger partial charge in [-0.1, -0.05) is 42.5 Å². The summed E-state index contributed by atoms with van der Waals surface area (Å²) in [5, 5.41) is 14.0. The third-order valence-electron chi connectivity index (χ3n) is 3.84. The molecule has 2 aromatic carbocycles. The zero-order chi connectivity index (χ0) is 20.4. The van der Waals surface area contributed by atoms with Crippen molar-refractivity contribution in [3.8, 4) is 5.75 Å². The molecule has 0 heterocycles. The van der Waals surface area contributed by atoms with E-state index in [1.807, 2.05) is 18.2 Å². The number of amides is 2. The molecule has 148 valence electrons. The lowest BCUT2D eigenvalue weighted by Gasteiger charge is -2.15. The van der Waals surface area contributed by atoms with Crippen molar-refractivity contribution in [1.29, 1.82) is 0 Å². The maximum Gasteiger partial charge on any atom is 0.407 e. The number of carbonyl (C=O) groups is 3. The Hall–Kier alpha value is -3.55. The van der Waals surface area contributed by atoms with E-state index < -0.39 is 24.0 Å². The number of hydrogen-bond acceptors (Lipinski definition) is 5. The fourth-order valence-electron chi connectivity index (χ4n) is 2.37. The van der Waals surface area contributed by atoms with Gasteiger partial charge in [0.05, 0.1) is 7.11 Å². The average molecular weight is 386 g/mol. The Labute approximate surface area is 162 Å². The van der Waals surface area contributed by atoms with E-state index in [0.29, 0.717) is 5.75 Å². The van der Waals surface area contributed by atoms with Gasteiger partial charge < -0.3 is 25.2 Å². The van der Waals surface area contributed by atoms with Gasteiger partial charge in [-0.3, -0.25) is 4.79 Å². The number of carboxylic acids is 1. The van der Waals surface area contributed by atoms with Gasteiger partial charge in [-0.05, 0) is 23.3 Å². The van der Waals surface area contributed by atoms with Crippen molar-refractivity contribution in [2.24, 2.45) is 0 Å². The van der Waals surface area contributed by atoms with Gasteiger partial charge in [0.1, 0.15) is 24.9 Å². The van der Waals surface area contributed by atoms with Gasteiger partial charge in [0.2, 0.25) is 5.91 Å². The standard InChI is InChI=1S/C20H22N2O6/c1-27-16-9-7-14(8-10-16)11-17(19(24)25)22-18(23)12-21-20(26)28-13-15-5-3-2-4-6-15/h2-10,17H,11-13H2,1H3,(H,21,26)(H,22,23)(H,24,25)/t17-/m1/s1.